The van der Waals surface area contributed by atoms with E-state index in [-0.39, 0.29) is 11.5 Å². The Morgan fingerprint density at radius 2 is 2.19 bits per heavy atom. The summed E-state index contributed by atoms with van der Waals surface area (Å²) in [6.07, 6.45) is 2.00. The molecule has 0 N–H and O–H groups in total. The van der Waals surface area contributed by atoms with Gasteiger partial charge >= 0.3 is 0 Å². The van der Waals surface area contributed by atoms with Gasteiger partial charge in [0.2, 0.25) is 0 Å². The predicted molar refractivity (Wildman–Crippen MR) is 87.4 cm³/mol. The summed E-state index contributed by atoms with van der Waals surface area (Å²) >= 11 is 12.4. The lowest BCUT2D eigenvalue weighted by atomic mass is 9.64. The van der Waals surface area contributed by atoms with Crippen LogP contribution in [-0.2, 0) is 11.2 Å². The topological polar surface area (TPSA) is 27.1 Å². The van der Waals surface area contributed by atoms with Crippen molar-refractivity contribution in [3.63, 3.8) is 0 Å². The zero-order valence-electron chi connectivity index (χ0n) is 12.6. The second-order valence-corrected chi connectivity index (χ2v) is 7.03. The lowest BCUT2D eigenvalue weighted by Crippen LogP contribution is -2.51. The Bertz CT molecular complexity index is 666. The molecule has 0 saturated heterocycles. The van der Waals surface area contributed by atoms with Crippen molar-refractivity contribution >= 4 is 34.2 Å². The fourth-order valence-electron chi connectivity index (χ4n) is 3.45. The monoisotopic (exact) mass is 326 g/mol. The van der Waals surface area contributed by atoms with Gasteiger partial charge in [0.1, 0.15) is 5.82 Å². The van der Waals surface area contributed by atoms with Crippen molar-refractivity contribution in [1.82, 2.24) is 9.55 Å². The molecule has 1 saturated carbocycles. The number of rotatable bonds is 4. The number of methoxy groups -OCH3 is 1. The van der Waals surface area contributed by atoms with E-state index >= 15 is 0 Å². The first-order valence-electron chi connectivity index (χ1n) is 7.24. The van der Waals surface area contributed by atoms with Crippen LogP contribution in [0.15, 0.2) is 18.2 Å². The molecule has 21 heavy (non-hydrogen) atoms. The average molecular weight is 327 g/mol. The Morgan fingerprint density at radius 1 is 1.43 bits per heavy atom. The standard InChI is InChI=1S/C16H20Cl2N2O/c1-16(2)12(9-13(16)21-3)20-14(7-8-17)19-11-6-4-5-10(18)15(11)20/h4-6,12-13H,7-9H2,1-3H3. The van der Waals surface area contributed by atoms with E-state index in [1.165, 1.54) is 0 Å². The number of fused-ring (bicyclic) bond motifs is 1. The number of nitrogens with zero attached hydrogens (tertiary/aromatic N) is 2. The molecule has 0 amide bonds. The number of hydrogen-bond acceptors (Lipinski definition) is 2. The molecular formula is C16H20Cl2N2O. The summed E-state index contributed by atoms with van der Waals surface area (Å²) in [6, 6.07) is 6.21. The summed E-state index contributed by atoms with van der Waals surface area (Å²) in [6.45, 7) is 4.48. The van der Waals surface area contributed by atoms with Crippen molar-refractivity contribution in [1.29, 1.82) is 0 Å². The number of alkyl halides is 1. The first-order valence-corrected chi connectivity index (χ1v) is 8.16. The van der Waals surface area contributed by atoms with E-state index in [9.17, 15) is 0 Å². The summed E-state index contributed by atoms with van der Waals surface area (Å²) in [5.74, 6) is 1.57. The molecule has 1 aromatic heterocycles. The minimum Gasteiger partial charge on any atom is -0.381 e. The number of imidazole rings is 1. The Kier molecular flexibility index (Phi) is 3.93. The zero-order valence-corrected chi connectivity index (χ0v) is 14.1. The summed E-state index contributed by atoms with van der Waals surface area (Å²) < 4.78 is 7.87. The van der Waals surface area contributed by atoms with Crippen LogP contribution >= 0.6 is 23.2 Å². The van der Waals surface area contributed by atoms with Crippen LogP contribution in [0.1, 0.15) is 32.1 Å². The molecule has 0 spiro atoms. The van der Waals surface area contributed by atoms with E-state index in [1.807, 2.05) is 18.2 Å². The molecule has 1 aliphatic rings. The highest BCUT2D eigenvalue weighted by Crippen LogP contribution is 2.52. The summed E-state index contributed by atoms with van der Waals surface area (Å²) in [5.41, 5.74) is 2.02. The van der Waals surface area contributed by atoms with E-state index in [0.29, 0.717) is 11.9 Å². The van der Waals surface area contributed by atoms with E-state index in [1.54, 1.807) is 7.11 Å². The Hall–Kier alpha value is -0.770. The minimum atomic E-state index is 0.0581. The molecule has 0 radical (unpaired) electrons. The Labute approximate surface area is 135 Å². The first kappa shape index (κ1) is 15.1. The molecule has 2 unspecified atom stereocenters. The summed E-state index contributed by atoms with van der Waals surface area (Å²) in [5, 5.41) is 0.748. The van der Waals surface area contributed by atoms with Gasteiger partial charge in [-0.3, -0.25) is 0 Å². The van der Waals surface area contributed by atoms with Gasteiger partial charge in [0.15, 0.2) is 0 Å². The smallest absolute Gasteiger partial charge is 0.111 e. The average Bonchev–Trinajstić information content (AvgIpc) is 2.78. The third-order valence-corrected chi connectivity index (χ3v) is 5.27. The third-order valence-electron chi connectivity index (χ3n) is 4.77. The van der Waals surface area contributed by atoms with Gasteiger partial charge in [0, 0.05) is 30.9 Å². The van der Waals surface area contributed by atoms with Gasteiger partial charge < -0.3 is 9.30 Å². The van der Waals surface area contributed by atoms with Gasteiger partial charge in [-0.1, -0.05) is 31.5 Å². The van der Waals surface area contributed by atoms with Crippen molar-refractivity contribution in [3.05, 3.63) is 29.0 Å². The van der Waals surface area contributed by atoms with E-state index < -0.39 is 0 Å². The van der Waals surface area contributed by atoms with Crippen LogP contribution in [0.25, 0.3) is 11.0 Å². The number of hydrogen-bond donors (Lipinski definition) is 0. The molecule has 1 aliphatic carbocycles. The quantitative estimate of drug-likeness (QED) is 0.776. The van der Waals surface area contributed by atoms with Gasteiger partial charge in [-0.05, 0) is 18.6 Å². The van der Waals surface area contributed by atoms with Crippen molar-refractivity contribution in [2.75, 3.05) is 13.0 Å². The Morgan fingerprint density at radius 3 is 2.81 bits per heavy atom. The highest BCUT2D eigenvalue weighted by Gasteiger charge is 2.50. The molecule has 0 bridgehead atoms. The van der Waals surface area contributed by atoms with Crippen LogP contribution in [0, 0.1) is 5.41 Å². The van der Waals surface area contributed by atoms with Crippen molar-refractivity contribution in [2.45, 2.75) is 38.8 Å². The molecular weight excluding hydrogens is 307 g/mol. The molecule has 1 heterocycles. The van der Waals surface area contributed by atoms with Crippen LogP contribution in [-0.4, -0.2) is 28.6 Å². The molecule has 5 heteroatoms. The maximum atomic E-state index is 6.44. The molecule has 1 fully saturated rings. The molecule has 1 aromatic carbocycles. The van der Waals surface area contributed by atoms with Gasteiger partial charge in [-0.25, -0.2) is 4.98 Å². The van der Waals surface area contributed by atoms with Gasteiger partial charge in [-0.15, -0.1) is 11.6 Å². The van der Waals surface area contributed by atoms with Gasteiger partial charge in [0.05, 0.1) is 22.2 Å². The van der Waals surface area contributed by atoms with Crippen LogP contribution in [0.2, 0.25) is 5.02 Å². The zero-order chi connectivity index (χ0) is 15.2. The summed E-state index contributed by atoms with van der Waals surface area (Å²) in [7, 11) is 1.78. The Balaban J connectivity index is 2.15. The van der Waals surface area contributed by atoms with E-state index in [2.05, 4.69) is 18.4 Å². The summed E-state index contributed by atoms with van der Waals surface area (Å²) in [4.78, 5) is 4.74. The lowest BCUT2D eigenvalue weighted by molar-refractivity contribution is -0.112. The highest BCUT2D eigenvalue weighted by molar-refractivity contribution is 6.35. The fraction of sp³-hybridized carbons (Fsp3) is 0.562. The van der Waals surface area contributed by atoms with Crippen LogP contribution < -0.4 is 0 Å². The van der Waals surface area contributed by atoms with E-state index in [0.717, 1.165) is 34.7 Å². The normalized spacial score (nSPS) is 24.2. The second kappa shape index (κ2) is 5.45. The highest BCUT2D eigenvalue weighted by atomic mass is 35.5. The molecule has 3 rings (SSSR count). The van der Waals surface area contributed by atoms with Crippen LogP contribution in [0.5, 0.6) is 0 Å². The second-order valence-electron chi connectivity index (χ2n) is 6.24. The molecule has 2 atom stereocenters. The number of halogens is 2. The van der Waals surface area contributed by atoms with Crippen molar-refractivity contribution < 1.29 is 4.74 Å². The van der Waals surface area contributed by atoms with Crippen LogP contribution in [0.3, 0.4) is 0 Å². The molecule has 114 valence electrons. The van der Waals surface area contributed by atoms with Gasteiger partial charge in [0.25, 0.3) is 0 Å². The number of aryl methyl sites for hydroxylation is 1. The minimum absolute atomic E-state index is 0.0581. The number of para-hydroxylation sites is 1. The molecule has 0 aliphatic heterocycles. The van der Waals surface area contributed by atoms with Gasteiger partial charge in [-0.2, -0.15) is 0 Å². The SMILES string of the molecule is COC1CC(n2c(CCCl)nc3cccc(Cl)c32)C1(C)C. The molecule has 2 aromatic rings. The first-order chi connectivity index (χ1) is 10.0. The number of aromatic nitrogens is 2. The largest absolute Gasteiger partial charge is 0.381 e. The lowest BCUT2D eigenvalue weighted by Gasteiger charge is -2.52. The van der Waals surface area contributed by atoms with Crippen LogP contribution in [0.4, 0.5) is 0 Å². The fourth-order valence-corrected chi connectivity index (χ4v) is 3.88. The number of ether oxygens (including phenoxy) is 1. The van der Waals surface area contributed by atoms with E-state index in [4.69, 9.17) is 32.9 Å². The third kappa shape index (κ3) is 2.26. The molecule has 3 nitrogen and oxygen atoms in total. The predicted octanol–water partition coefficient (Wildman–Crippen LogP) is 4.46. The van der Waals surface area contributed by atoms with Crippen molar-refractivity contribution in [2.24, 2.45) is 5.41 Å². The van der Waals surface area contributed by atoms with Crippen molar-refractivity contribution in [3.8, 4) is 0 Å². The maximum Gasteiger partial charge on any atom is 0.111 e. The maximum absolute atomic E-state index is 6.44. The number of benzene rings is 1.